The second kappa shape index (κ2) is 7.02. The molecule has 7 heteroatoms. The molecule has 0 aliphatic carbocycles. The van der Waals surface area contributed by atoms with Crippen LogP contribution in [0.25, 0.3) is 0 Å². The van der Waals surface area contributed by atoms with E-state index in [2.05, 4.69) is 38.4 Å². The average Bonchev–Trinajstić information content (AvgIpc) is 2.84. The van der Waals surface area contributed by atoms with Crippen molar-refractivity contribution in [2.75, 3.05) is 11.1 Å². The zero-order valence-corrected chi connectivity index (χ0v) is 13.4. The molecule has 1 heterocycles. The number of hydrogen-bond donors (Lipinski definition) is 1. The molecule has 0 aliphatic heterocycles. The Labute approximate surface area is 128 Å². The summed E-state index contributed by atoms with van der Waals surface area (Å²) in [6, 6.07) is 7.28. The molecular weight excluding hydrogens is 346 g/mol. The van der Waals surface area contributed by atoms with Gasteiger partial charge in [-0.3, -0.25) is 10.1 Å². The maximum Gasteiger partial charge on any atom is 0.258 e. The van der Waals surface area contributed by atoms with Crippen LogP contribution in [0.15, 0.2) is 33.1 Å². The van der Waals surface area contributed by atoms with Crippen LogP contribution in [0, 0.1) is 0 Å². The molecule has 1 N–H and O–H groups in total. The molecule has 0 aliphatic rings. The summed E-state index contributed by atoms with van der Waals surface area (Å²) >= 11 is 6.40. The number of aromatic nitrogens is 2. The molecule has 0 spiro atoms. The van der Waals surface area contributed by atoms with Crippen molar-refractivity contribution in [3.05, 3.63) is 34.3 Å². The minimum atomic E-state index is -0.185. The van der Waals surface area contributed by atoms with Gasteiger partial charge in [0.05, 0.1) is 5.56 Å². The van der Waals surface area contributed by atoms with E-state index in [1.165, 1.54) is 11.3 Å². The highest BCUT2D eigenvalue weighted by molar-refractivity contribution is 9.10. The van der Waals surface area contributed by atoms with Crippen molar-refractivity contribution < 1.29 is 4.79 Å². The van der Waals surface area contributed by atoms with Gasteiger partial charge in [0.15, 0.2) is 4.34 Å². The summed E-state index contributed by atoms with van der Waals surface area (Å²) in [6.45, 7) is 2.11. The van der Waals surface area contributed by atoms with Crippen molar-refractivity contribution in [3.8, 4) is 0 Å². The lowest BCUT2D eigenvalue weighted by Crippen LogP contribution is -2.12. The van der Waals surface area contributed by atoms with Gasteiger partial charge in [0.1, 0.15) is 0 Å². The van der Waals surface area contributed by atoms with Crippen LogP contribution in [0.1, 0.15) is 23.7 Å². The van der Waals surface area contributed by atoms with Crippen LogP contribution >= 0.6 is 39.0 Å². The molecule has 2 aromatic rings. The second-order valence-corrected chi connectivity index (χ2v) is 6.83. The molecule has 1 aromatic heterocycles. The third kappa shape index (κ3) is 4.02. The lowest BCUT2D eigenvalue weighted by atomic mass is 10.2. The maximum atomic E-state index is 12.0. The van der Waals surface area contributed by atoms with Gasteiger partial charge in [0.2, 0.25) is 5.13 Å². The lowest BCUT2D eigenvalue weighted by Gasteiger charge is -2.02. The molecule has 0 saturated heterocycles. The smallest absolute Gasteiger partial charge is 0.258 e. The number of hydrogen-bond acceptors (Lipinski definition) is 5. The normalized spacial score (nSPS) is 10.4. The summed E-state index contributed by atoms with van der Waals surface area (Å²) in [5.41, 5.74) is 0.584. The fourth-order valence-electron chi connectivity index (χ4n) is 1.32. The Morgan fingerprint density at radius 3 is 2.95 bits per heavy atom. The van der Waals surface area contributed by atoms with E-state index in [4.69, 9.17) is 0 Å². The first-order valence-electron chi connectivity index (χ1n) is 5.73. The van der Waals surface area contributed by atoms with Crippen LogP contribution in [0.5, 0.6) is 0 Å². The monoisotopic (exact) mass is 357 g/mol. The van der Waals surface area contributed by atoms with E-state index in [0.29, 0.717) is 10.7 Å². The van der Waals surface area contributed by atoms with E-state index in [1.807, 2.05) is 18.2 Å². The van der Waals surface area contributed by atoms with E-state index >= 15 is 0 Å². The summed E-state index contributed by atoms with van der Waals surface area (Å²) in [7, 11) is 0. The van der Waals surface area contributed by atoms with Crippen LogP contribution < -0.4 is 5.32 Å². The van der Waals surface area contributed by atoms with Gasteiger partial charge in [-0.05, 0) is 34.5 Å². The van der Waals surface area contributed by atoms with Gasteiger partial charge >= 0.3 is 0 Å². The van der Waals surface area contributed by atoms with Gasteiger partial charge in [-0.1, -0.05) is 42.2 Å². The molecule has 4 nitrogen and oxygen atoms in total. The number of benzene rings is 1. The molecule has 0 fully saturated rings. The van der Waals surface area contributed by atoms with E-state index in [0.717, 1.165) is 21.0 Å². The third-order valence-corrected chi connectivity index (χ3v) is 5.04. The molecule has 0 radical (unpaired) electrons. The molecule has 1 aromatic carbocycles. The topological polar surface area (TPSA) is 54.9 Å². The molecule has 0 unspecified atom stereocenters. The van der Waals surface area contributed by atoms with Crippen molar-refractivity contribution in [1.82, 2.24) is 10.2 Å². The quantitative estimate of drug-likeness (QED) is 0.647. The van der Waals surface area contributed by atoms with Crippen molar-refractivity contribution in [3.63, 3.8) is 0 Å². The number of thioether (sulfide) groups is 1. The molecular formula is C12H12BrN3OS2. The average molecular weight is 358 g/mol. The van der Waals surface area contributed by atoms with Crippen LogP contribution in [0.3, 0.4) is 0 Å². The molecule has 0 bridgehead atoms. The number of amides is 1. The SMILES string of the molecule is CCCSc1nnc(NC(=O)c2ccccc2Br)s1. The van der Waals surface area contributed by atoms with Crippen molar-refractivity contribution >= 4 is 50.1 Å². The van der Waals surface area contributed by atoms with Gasteiger partial charge in [0.25, 0.3) is 5.91 Å². The van der Waals surface area contributed by atoms with Gasteiger partial charge in [-0.15, -0.1) is 10.2 Å². The van der Waals surface area contributed by atoms with E-state index in [-0.39, 0.29) is 5.91 Å². The Morgan fingerprint density at radius 1 is 1.42 bits per heavy atom. The number of carbonyl (C=O) groups excluding carboxylic acids is 1. The number of halogens is 1. The van der Waals surface area contributed by atoms with Gasteiger partial charge in [-0.2, -0.15) is 0 Å². The fraction of sp³-hybridized carbons (Fsp3) is 0.250. The zero-order chi connectivity index (χ0) is 13.7. The summed E-state index contributed by atoms with van der Waals surface area (Å²) < 4.78 is 1.64. The third-order valence-electron chi connectivity index (χ3n) is 2.18. The number of nitrogens with zero attached hydrogens (tertiary/aromatic N) is 2. The minimum Gasteiger partial charge on any atom is -0.296 e. The number of carbonyl (C=O) groups is 1. The predicted molar refractivity (Wildman–Crippen MR) is 83.0 cm³/mol. The molecule has 19 heavy (non-hydrogen) atoms. The number of nitrogens with one attached hydrogen (secondary N) is 1. The highest BCUT2D eigenvalue weighted by Crippen LogP contribution is 2.26. The van der Waals surface area contributed by atoms with E-state index in [1.54, 1.807) is 17.8 Å². The molecule has 0 atom stereocenters. The summed E-state index contributed by atoms with van der Waals surface area (Å²) in [5.74, 6) is 0.822. The Morgan fingerprint density at radius 2 is 2.21 bits per heavy atom. The summed E-state index contributed by atoms with van der Waals surface area (Å²) in [6.07, 6.45) is 1.09. The molecule has 0 saturated carbocycles. The van der Waals surface area contributed by atoms with Crippen LogP contribution in [0.2, 0.25) is 0 Å². The van der Waals surface area contributed by atoms with Gasteiger partial charge in [-0.25, -0.2) is 0 Å². The summed E-state index contributed by atoms with van der Waals surface area (Å²) in [5, 5.41) is 11.3. The first kappa shape index (κ1) is 14.5. The van der Waals surface area contributed by atoms with Crippen molar-refractivity contribution in [1.29, 1.82) is 0 Å². The van der Waals surface area contributed by atoms with Crippen molar-refractivity contribution in [2.24, 2.45) is 0 Å². The van der Waals surface area contributed by atoms with Crippen LogP contribution in [-0.4, -0.2) is 21.9 Å². The van der Waals surface area contributed by atoms with Gasteiger partial charge in [0, 0.05) is 10.2 Å². The Kier molecular flexibility index (Phi) is 5.35. The van der Waals surface area contributed by atoms with Gasteiger partial charge < -0.3 is 0 Å². The molecule has 1 amide bonds. The number of rotatable bonds is 5. The van der Waals surface area contributed by atoms with Crippen LogP contribution in [0.4, 0.5) is 5.13 Å². The first-order chi connectivity index (χ1) is 9.20. The summed E-state index contributed by atoms with van der Waals surface area (Å²) in [4.78, 5) is 12.0. The zero-order valence-electron chi connectivity index (χ0n) is 10.2. The van der Waals surface area contributed by atoms with E-state index < -0.39 is 0 Å². The second-order valence-electron chi connectivity index (χ2n) is 3.66. The molecule has 2 rings (SSSR count). The Hall–Kier alpha value is -0.920. The van der Waals surface area contributed by atoms with Crippen LogP contribution in [-0.2, 0) is 0 Å². The van der Waals surface area contributed by atoms with E-state index in [9.17, 15) is 4.79 Å². The van der Waals surface area contributed by atoms with Crippen molar-refractivity contribution in [2.45, 2.75) is 17.7 Å². The minimum absolute atomic E-state index is 0.185. The standard InChI is InChI=1S/C12H12BrN3OS2/c1-2-7-18-12-16-15-11(19-12)14-10(17)8-5-3-4-6-9(8)13/h3-6H,2,7H2,1H3,(H,14,15,17). The predicted octanol–water partition coefficient (Wildman–Crippen LogP) is 4.06. The largest absolute Gasteiger partial charge is 0.296 e. The lowest BCUT2D eigenvalue weighted by molar-refractivity contribution is 0.102. The first-order valence-corrected chi connectivity index (χ1v) is 8.32. The fourth-order valence-corrected chi connectivity index (χ4v) is 3.45. The highest BCUT2D eigenvalue weighted by Gasteiger charge is 2.12. The number of anilines is 1. The molecule has 100 valence electrons. The Balaban J connectivity index is 2.03. The maximum absolute atomic E-state index is 12.0. The highest BCUT2D eigenvalue weighted by atomic mass is 79.9. The Bertz CT molecular complexity index is 574.